The molecule has 3 aromatic heterocycles. The van der Waals surface area contributed by atoms with E-state index in [0.717, 1.165) is 17.0 Å². The van der Waals surface area contributed by atoms with Gasteiger partial charge < -0.3 is 45.3 Å². The van der Waals surface area contributed by atoms with Gasteiger partial charge >= 0.3 is 12.0 Å². The molecule has 0 aliphatic carbocycles. The van der Waals surface area contributed by atoms with E-state index in [1.54, 1.807) is 67.8 Å². The number of nitrogens with two attached hydrogens (primary N) is 1. The monoisotopic (exact) mass is 746 g/mol. The predicted octanol–water partition coefficient (Wildman–Crippen LogP) is 5.06. The van der Waals surface area contributed by atoms with E-state index in [2.05, 4.69) is 51.9 Å². The molecule has 2 amide bonds. The zero-order valence-electron chi connectivity index (χ0n) is 29.1. The van der Waals surface area contributed by atoms with Crippen LogP contribution in [-0.2, 0) is 9.59 Å². The predicted molar refractivity (Wildman–Crippen MR) is 198 cm³/mol. The number of fused-ring (bicyclic) bond motifs is 1. The van der Waals surface area contributed by atoms with E-state index in [1.807, 2.05) is 12.1 Å². The second-order valence-electron chi connectivity index (χ2n) is 11.3. The molecular formula is C36H31FN12O6. The van der Waals surface area contributed by atoms with Crippen molar-refractivity contribution in [3.05, 3.63) is 96.3 Å². The van der Waals surface area contributed by atoms with Crippen molar-refractivity contribution in [2.45, 2.75) is 0 Å². The second-order valence-corrected chi connectivity index (χ2v) is 11.3. The number of benzene rings is 4. The number of carbonyl (C=O) groups is 2. The fourth-order valence-corrected chi connectivity index (χ4v) is 4.86. The van der Waals surface area contributed by atoms with Gasteiger partial charge in [-0.1, -0.05) is 22.3 Å². The largest absolute Gasteiger partial charge is 0.497 e. The maximum absolute atomic E-state index is 13.4. The average Bonchev–Trinajstić information content (AvgIpc) is 3.97. The number of aromatic nitrogens is 6. The van der Waals surface area contributed by atoms with Gasteiger partial charge in [0.25, 0.3) is 0 Å². The Morgan fingerprint density at radius 1 is 0.782 bits per heavy atom. The van der Waals surface area contributed by atoms with Crippen LogP contribution in [0.1, 0.15) is 5.56 Å². The summed E-state index contributed by atoms with van der Waals surface area (Å²) in [5.74, 6) is 0.857. The number of rotatable bonds is 12. The number of halogens is 1. The van der Waals surface area contributed by atoms with Crippen LogP contribution in [0.5, 0.6) is 11.5 Å². The number of amides is 2. The molecule has 0 aliphatic heterocycles. The standard InChI is InChI=1S/C18H14FN5O3.C18H17N7O3/c1-26-14-4-2-3-13(8-14)22-16(25)10-21-18-24-23-17(27-18)11-5-6-15(19)12(7-11)9-20;1-27-12-4-2-3-11(8-12)21-15(26)9-20-18-25-24-17(28-18)10-5-6-14-13(7-10)16(19)23-22-14/h2-8H,10H2,1H3,(H,21,24)(H,22,25);2-8H,9H2,1H3,(H,20,25)(H,21,26)(H3,19,22,23). The quantitative estimate of drug-likeness (QED) is 0.0955. The van der Waals surface area contributed by atoms with Gasteiger partial charge in [0.05, 0.1) is 38.4 Å². The third kappa shape index (κ3) is 9.46. The summed E-state index contributed by atoms with van der Waals surface area (Å²) >= 11 is 0. The van der Waals surface area contributed by atoms with Crippen molar-refractivity contribution in [3.63, 3.8) is 0 Å². The minimum Gasteiger partial charge on any atom is -0.497 e. The Hall–Kier alpha value is -8.01. The van der Waals surface area contributed by atoms with Gasteiger partial charge in [0.1, 0.15) is 23.4 Å². The lowest BCUT2D eigenvalue weighted by Gasteiger charge is -2.06. The van der Waals surface area contributed by atoms with Crippen molar-refractivity contribution in [2.24, 2.45) is 0 Å². The normalized spacial score (nSPS) is 10.4. The first-order chi connectivity index (χ1) is 26.7. The summed E-state index contributed by atoms with van der Waals surface area (Å²) in [7, 11) is 3.10. The second kappa shape index (κ2) is 17.0. The molecule has 55 heavy (non-hydrogen) atoms. The lowest BCUT2D eigenvalue weighted by atomic mass is 10.1. The molecule has 0 spiro atoms. The van der Waals surface area contributed by atoms with Crippen LogP contribution >= 0.6 is 0 Å². The molecule has 19 heteroatoms. The van der Waals surface area contributed by atoms with Gasteiger partial charge in [0.15, 0.2) is 5.82 Å². The minimum absolute atomic E-state index is 0.0219. The van der Waals surface area contributed by atoms with E-state index in [-0.39, 0.29) is 48.4 Å². The van der Waals surface area contributed by atoms with Gasteiger partial charge in [-0.3, -0.25) is 14.7 Å². The van der Waals surface area contributed by atoms with Crippen LogP contribution in [0.2, 0.25) is 0 Å². The van der Waals surface area contributed by atoms with E-state index in [0.29, 0.717) is 45.7 Å². The third-order valence-electron chi connectivity index (χ3n) is 7.53. The number of nitrogens with one attached hydrogen (secondary N) is 5. The molecule has 7 rings (SSSR count). The van der Waals surface area contributed by atoms with Gasteiger partial charge in [0.2, 0.25) is 23.6 Å². The Kier molecular flexibility index (Phi) is 11.4. The molecule has 0 fully saturated rings. The first kappa shape index (κ1) is 36.8. The summed E-state index contributed by atoms with van der Waals surface area (Å²) in [4.78, 5) is 24.1. The topological polar surface area (TPSA) is 257 Å². The summed E-state index contributed by atoms with van der Waals surface area (Å²) < 4.78 is 34.5. The van der Waals surface area contributed by atoms with Crippen LogP contribution in [0.15, 0.2) is 93.8 Å². The van der Waals surface area contributed by atoms with Crippen molar-refractivity contribution >= 4 is 51.9 Å². The number of hydrogen-bond acceptors (Lipinski definition) is 15. The van der Waals surface area contributed by atoms with Crippen molar-refractivity contribution in [3.8, 4) is 40.5 Å². The summed E-state index contributed by atoms with van der Waals surface area (Å²) in [5.41, 5.74) is 8.81. The highest BCUT2D eigenvalue weighted by molar-refractivity contribution is 5.94. The number of methoxy groups -OCH3 is 2. The number of hydrogen-bond donors (Lipinski definition) is 6. The number of aromatic amines is 1. The summed E-state index contributed by atoms with van der Waals surface area (Å²) in [6.45, 7) is -0.141. The fraction of sp³-hybridized carbons (Fsp3) is 0.111. The van der Waals surface area contributed by atoms with Gasteiger partial charge in [-0.2, -0.15) is 10.4 Å². The SMILES string of the molecule is COc1cccc(NC(=O)CNc2nnc(-c3ccc(F)c(C#N)c3)o2)c1.COc1cccc(NC(=O)CNc2nnc(-c3ccc4[nH]nc(N)c4c3)o2)c1. The van der Waals surface area contributed by atoms with Gasteiger partial charge in [-0.05, 0) is 60.7 Å². The van der Waals surface area contributed by atoms with Crippen molar-refractivity contribution in [1.82, 2.24) is 30.6 Å². The van der Waals surface area contributed by atoms with Crippen molar-refractivity contribution < 1.29 is 32.3 Å². The smallest absolute Gasteiger partial charge is 0.316 e. The Morgan fingerprint density at radius 3 is 1.87 bits per heavy atom. The molecule has 7 N–H and O–H groups in total. The zero-order valence-corrected chi connectivity index (χ0v) is 29.1. The molecule has 18 nitrogen and oxygen atoms in total. The number of ether oxygens (including phenoxy) is 2. The van der Waals surface area contributed by atoms with E-state index in [4.69, 9.17) is 29.3 Å². The van der Waals surface area contributed by atoms with Crippen LogP contribution in [0.25, 0.3) is 33.8 Å². The van der Waals surface area contributed by atoms with Crippen LogP contribution < -0.4 is 36.5 Å². The lowest BCUT2D eigenvalue weighted by Crippen LogP contribution is -2.21. The number of nitrogen functional groups attached to an aromatic ring is 1. The number of H-pyrrole nitrogens is 1. The molecule has 0 unspecified atom stereocenters. The van der Waals surface area contributed by atoms with E-state index < -0.39 is 5.82 Å². The Labute approximate surface area is 310 Å². The molecule has 4 aromatic carbocycles. The molecular weight excluding hydrogens is 715 g/mol. The van der Waals surface area contributed by atoms with Gasteiger partial charge in [-0.25, -0.2) is 4.39 Å². The maximum atomic E-state index is 13.4. The highest BCUT2D eigenvalue weighted by Gasteiger charge is 2.14. The van der Waals surface area contributed by atoms with Crippen LogP contribution in [0.3, 0.4) is 0 Å². The maximum Gasteiger partial charge on any atom is 0.316 e. The number of anilines is 5. The van der Waals surface area contributed by atoms with Gasteiger partial charge in [-0.15, -0.1) is 10.2 Å². The Bertz CT molecular complexity index is 2490. The molecule has 0 bridgehead atoms. The van der Waals surface area contributed by atoms with E-state index in [1.165, 1.54) is 19.2 Å². The third-order valence-corrected chi connectivity index (χ3v) is 7.53. The molecule has 3 heterocycles. The molecule has 0 atom stereocenters. The Morgan fingerprint density at radius 2 is 1.33 bits per heavy atom. The molecule has 0 saturated carbocycles. The highest BCUT2D eigenvalue weighted by Crippen LogP contribution is 2.27. The molecule has 0 radical (unpaired) electrons. The first-order valence-electron chi connectivity index (χ1n) is 16.2. The van der Waals surface area contributed by atoms with Crippen LogP contribution in [0, 0.1) is 17.1 Å². The van der Waals surface area contributed by atoms with E-state index in [9.17, 15) is 14.0 Å². The first-order valence-corrected chi connectivity index (χ1v) is 16.2. The summed E-state index contributed by atoms with van der Waals surface area (Å²) in [5, 5.41) is 42.9. The summed E-state index contributed by atoms with van der Waals surface area (Å²) in [6, 6.07) is 25.2. The lowest BCUT2D eigenvalue weighted by molar-refractivity contribution is -0.115. The highest BCUT2D eigenvalue weighted by atomic mass is 19.1. The number of nitrogens with zero attached hydrogens (tertiary/aromatic N) is 6. The zero-order chi connectivity index (χ0) is 38.7. The Balaban J connectivity index is 0.000000187. The van der Waals surface area contributed by atoms with Crippen LogP contribution in [0.4, 0.5) is 33.6 Å². The van der Waals surface area contributed by atoms with Crippen molar-refractivity contribution in [1.29, 1.82) is 5.26 Å². The van der Waals surface area contributed by atoms with Crippen molar-refractivity contribution in [2.75, 3.05) is 54.3 Å². The van der Waals surface area contributed by atoms with Crippen LogP contribution in [-0.4, -0.2) is 69.7 Å². The minimum atomic E-state index is -0.631. The molecule has 0 saturated heterocycles. The van der Waals surface area contributed by atoms with E-state index >= 15 is 0 Å². The molecule has 278 valence electrons. The summed E-state index contributed by atoms with van der Waals surface area (Å²) in [6.07, 6.45) is 0. The van der Waals surface area contributed by atoms with Gasteiger partial charge in [0, 0.05) is 40.0 Å². The number of carbonyl (C=O) groups excluding carboxylic acids is 2. The number of nitriles is 1. The average molecular weight is 747 g/mol. The molecule has 7 aromatic rings. The fourth-order valence-electron chi connectivity index (χ4n) is 4.86. The molecule has 0 aliphatic rings.